The third-order valence-electron chi connectivity index (χ3n) is 3.59. The number of halogens is 2. The first kappa shape index (κ1) is 23.6. The highest BCUT2D eigenvalue weighted by molar-refractivity contribution is 6.55. The molecule has 0 radical (unpaired) electrons. The second kappa shape index (κ2) is 12.1. The van der Waals surface area contributed by atoms with Crippen LogP contribution in [-0.4, -0.2) is 25.0 Å². The van der Waals surface area contributed by atoms with Gasteiger partial charge in [-0.05, 0) is 75.8 Å². The lowest BCUT2D eigenvalue weighted by molar-refractivity contribution is 0.00155. The van der Waals surface area contributed by atoms with Crippen LogP contribution >= 0.6 is 23.2 Å². The van der Waals surface area contributed by atoms with E-state index in [1.165, 1.54) is 0 Å². The van der Waals surface area contributed by atoms with Crippen LogP contribution in [0.15, 0.2) is 27.9 Å². The largest absolute Gasteiger partial charge is 0.493 e. The monoisotopic (exact) mass is 415 g/mol. The summed E-state index contributed by atoms with van der Waals surface area (Å²) in [7, 11) is 0. The van der Waals surface area contributed by atoms with Crippen LogP contribution in [0.2, 0.25) is 0 Å². The number of unbranched alkanes of at least 4 members (excludes halogenated alkanes) is 1. The first-order chi connectivity index (χ1) is 12.8. The van der Waals surface area contributed by atoms with Gasteiger partial charge in [-0.2, -0.15) is 0 Å². The highest BCUT2D eigenvalue weighted by atomic mass is 35.5. The normalized spacial score (nSPS) is 11.5. The molecule has 1 rings (SSSR count). The van der Waals surface area contributed by atoms with Gasteiger partial charge in [-0.15, -0.1) is 0 Å². The summed E-state index contributed by atoms with van der Waals surface area (Å²) >= 11 is 11.2. The Labute approximate surface area is 173 Å². The summed E-state index contributed by atoms with van der Waals surface area (Å²) in [5, 5.41) is 3.99. The lowest BCUT2D eigenvalue weighted by atomic mass is 10.0. The molecule has 0 atom stereocenters. The summed E-state index contributed by atoms with van der Waals surface area (Å²) in [5.41, 5.74) is 2.01. The van der Waals surface area contributed by atoms with E-state index in [-0.39, 0.29) is 10.1 Å². The lowest BCUT2D eigenvalue weighted by Crippen LogP contribution is -2.15. The predicted octanol–water partition coefficient (Wildman–Crippen LogP) is 6.47. The molecule has 0 amide bonds. The number of hydrogen-bond acceptors (Lipinski definition) is 4. The molecule has 0 aromatic heterocycles. The van der Waals surface area contributed by atoms with Gasteiger partial charge in [0, 0.05) is 6.21 Å². The molecule has 0 unspecified atom stereocenters. The second-order valence-electron chi connectivity index (χ2n) is 7.06. The molecule has 0 saturated carbocycles. The van der Waals surface area contributed by atoms with Crippen LogP contribution in [-0.2, 0) is 17.7 Å². The quantitative estimate of drug-likeness (QED) is 0.236. The van der Waals surface area contributed by atoms with E-state index in [0.717, 1.165) is 48.3 Å². The third kappa shape index (κ3) is 9.92. The highest BCUT2D eigenvalue weighted by Crippen LogP contribution is 2.31. The van der Waals surface area contributed by atoms with Crippen molar-refractivity contribution < 1.29 is 14.3 Å². The third-order valence-corrected chi connectivity index (χ3v) is 3.90. The zero-order chi connectivity index (χ0) is 20.3. The Kier molecular flexibility index (Phi) is 10.6. The fourth-order valence-electron chi connectivity index (χ4n) is 2.31. The van der Waals surface area contributed by atoms with Crippen LogP contribution in [0.25, 0.3) is 0 Å². The molecule has 0 fully saturated rings. The van der Waals surface area contributed by atoms with Crippen LogP contribution in [0, 0.1) is 0 Å². The fraction of sp³-hybridized carbons (Fsp3) is 0.571. The fourth-order valence-corrected chi connectivity index (χ4v) is 2.44. The van der Waals surface area contributed by atoms with Crippen molar-refractivity contribution in [1.29, 1.82) is 0 Å². The molecule has 0 heterocycles. The van der Waals surface area contributed by atoms with Crippen molar-refractivity contribution in [3.63, 3.8) is 0 Å². The maximum atomic E-state index is 6.08. The number of aryl methyl sites for hydroxylation is 2. The van der Waals surface area contributed by atoms with Gasteiger partial charge in [-0.25, -0.2) is 0 Å². The molecule has 1 aromatic carbocycles. The summed E-state index contributed by atoms with van der Waals surface area (Å²) in [6, 6.07) is 4.03. The number of oxime groups is 1. The molecule has 0 N–H and O–H groups in total. The maximum absolute atomic E-state index is 6.08. The number of ether oxygens (including phenoxy) is 2. The Hall–Kier alpha value is -1.39. The van der Waals surface area contributed by atoms with Gasteiger partial charge >= 0.3 is 0 Å². The van der Waals surface area contributed by atoms with Gasteiger partial charge in [0.2, 0.25) is 0 Å². The van der Waals surface area contributed by atoms with Crippen LogP contribution < -0.4 is 9.47 Å². The van der Waals surface area contributed by atoms with Crippen molar-refractivity contribution in [3.05, 3.63) is 33.8 Å². The average molecular weight is 416 g/mol. The van der Waals surface area contributed by atoms with Crippen molar-refractivity contribution in [2.75, 3.05) is 13.2 Å². The minimum Gasteiger partial charge on any atom is -0.493 e. The topological polar surface area (TPSA) is 40.0 Å². The van der Waals surface area contributed by atoms with E-state index in [9.17, 15) is 0 Å². The van der Waals surface area contributed by atoms with E-state index in [4.69, 9.17) is 37.5 Å². The van der Waals surface area contributed by atoms with Gasteiger partial charge in [0.1, 0.15) is 28.2 Å². The molecule has 1 aromatic rings. The standard InChI is InChI=1S/C21H31Cl2NO3/c1-6-16-14-18(25-13-10-19(22)23)15-17(7-2)20(16)26-12-9-8-11-24-27-21(3,4)5/h10-11,14-15H,6-9,12-13H2,1-5H3. The number of benzene rings is 1. The average Bonchev–Trinajstić information content (AvgIpc) is 2.59. The molecule has 4 nitrogen and oxygen atoms in total. The molecule has 152 valence electrons. The summed E-state index contributed by atoms with van der Waals surface area (Å²) in [6.07, 6.45) is 6.84. The second-order valence-corrected chi connectivity index (χ2v) is 8.07. The van der Waals surface area contributed by atoms with Gasteiger partial charge in [0.15, 0.2) is 0 Å². The van der Waals surface area contributed by atoms with Crippen molar-refractivity contribution in [2.24, 2.45) is 5.16 Å². The van der Waals surface area contributed by atoms with Crippen molar-refractivity contribution in [1.82, 2.24) is 0 Å². The molecule has 0 bridgehead atoms. The highest BCUT2D eigenvalue weighted by Gasteiger charge is 2.11. The Bertz CT molecular complexity index is 608. The minimum atomic E-state index is -0.256. The van der Waals surface area contributed by atoms with Crippen molar-refractivity contribution >= 4 is 29.4 Å². The summed E-state index contributed by atoms with van der Waals surface area (Å²) in [5.74, 6) is 1.76. The summed E-state index contributed by atoms with van der Waals surface area (Å²) in [4.78, 5) is 5.32. The predicted molar refractivity (Wildman–Crippen MR) is 115 cm³/mol. The summed E-state index contributed by atoms with van der Waals surface area (Å²) < 4.78 is 12.0. The van der Waals surface area contributed by atoms with Crippen LogP contribution in [0.5, 0.6) is 11.5 Å². The molecule has 0 saturated heterocycles. The maximum Gasteiger partial charge on any atom is 0.129 e. The molecular formula is C21H31Cl2NO3. The molecule has 27 heavy (non-hydrogen) atoms. The Balaban J connectivity index is 2.64. The van der Waals surface area contributed by atoms with E-state index in [2.05, 4.69) is 19.0 Å². The Morgan fingerprint density at radius 1 is 1.07 bits per heavy atom. The first-order valence-corrected chi connectivity index (χ1v) is 10.1. The zero-order valence-electron chi connectivity index (χ0n) is 17.0. The first-order valence-electron chi connectivity index (χ1n) is 9.39. The number of hydrogen-bond donors (Lipinski definition) is 0. The van der Waals surface area contributed by atoms with Crippen LogP contribution in [0.4, 0.5) is 0 Å². The Morgan fingerprint density at radius 2 is 1.70 bits per heavy atom. The van der Waals surface area contributed by atoms with Crippen LogP contribution in [0.3, 0.4) is 0 Å². The van der Waals surface area contributed by atoms with E-state index in [0.29, 0.717) is 13.2 Å². The zero-order valence-corrected chi connectivity index (χ0v) is 18.5. The van der Waals surface area contributed by atoms with Gasteiger partial charge in [0.25, 0.3) is 0 Å². The van der Waals surface area contributed by atoms with Crippen LogP contribution in [0.1, 0.15) is 58.6 Å². The molecule has 0 aliphatic rings. The molecule has 0 aliphatic heterocycles. The molecular weight excluding hydrogens is 385 g/mol. The van der Waals surface area contributed by atoms with E-state index < -0.39 is 0 Å². The Morgan fingerprint density at radius 3 is 2.22 bits per heavy atom. The number of rotatable bonds is 11. The van der Waals surface area contributed by atoms with E-state index in [1.807, 2.05) is 32.9 Å². The van der Waals surface area contributed by atoms with Gasteiger partial charge in [0.05, 0.1) is 6.61 Å². The minimum absolute atomic E-state index is 0.206. The smallest absolute Gasteiger partial charge is 0.129 e. The van der Waals surface area contributed by atoms with Gasteiger partial charge in [-0.1, -0.05) is 42.2 Å². The SMILES string of the molecule is CCc1cc(OCC=C(Cl)Cl)cc(CC)c1OCCCC=NOC(C)(C)C. The van der Waals surface area contributed by atoms with E-state index in [1.54, 1.807) is 12.3 Å². The summed E-state index contributed by atoms with van der Waals surface area (Å²) in [6.45, 7) is 11.1. The number of nitrogens with zero attached hydrogens (tertiary/aromatic N) is 1. The molecule has 0 spiro atoms. The van der Waals surface area contributed by atoms with Gasteiger partial charge < -0.3 is 14.3 Å². The van der Waals surface area contributed by atoms with Crippen molar-refractivity contribution in [2.45, 2.75) is 65.9 Å². The van der Waals surface area contributed by atoms with E-state index >= 15 is 0 Å². The molecule has 6 heteroatoms. The molecule has 0 aliphatic carbocycles. The lowest BCUT2D eigenvalue weighted by Gasteiger charge is -2.17. The van der Waals surface area contributed by atoms with Gasteiger partial charge in [-0.3, -0.25) is 0 Å². The van der Waals surface area contributed by atoms with Crippen molar-refractivity contribution in [3.8, 4) is 11.5 Å².